The molecule has 0 bridgehead atoms. The van der Waals surface area contributed by atoms with Crippen molar-refractivity contribution in [3.63, 3.8) is 0 Å². The Morgan fingerprint density at radius 3 is 2.50 bits per heavy atom. The number of piperazine rings is 1. The number of hydrogen-bond acceptors (Lipinski definition) is 4. The normalized spacial score (nSPS) is 22.6. The summed E-state index contributed by atoms with van der Waals surface area (Å²) in [5.74, 6) is 0.281. The van der Waals surface area contributed by atoms with E-state index in [4.69, 9.17) is 0 Å². The lowest BCUT2D eigenvalue weighted by Gasteiger charge is -2.28. The predicted molar refractivity (Wildman–Crippen MR) is 73.1 cm³/mol. The van der Waals surface area contributed by atoms with Crippen LogP contribution in [0.2, 0.25) is 0 Å². The lowest BCUT2D eigenvalue weighted by molar-refractivity contribution is 0.252. The van der Waals surface area contributed by atoms with Crippen LogP contribution >= 0.6 is 0 Å². The van der Waals surface area contributed by atoms with E-state index in [1.54, 1.807) is 4.31 Å². The van der Waals surface area contributed by atoms with Gasteiger partial charge in [-0.25, -0.2) is 8.42 Å². The largest absolute Gasteiger partial charge is 0.314 e. The second-order valence-corrected chi connectivity index (χ2v) is 7.29. The van der Waals surface area contributed by atoms with Crippen molar-refractivity contribution >= 4 is 10.0 Å². The first-order valence-electron chi connectivity index (χ1n) is 7.06. The minimum Gasteiger partial charge on any atom is -0.314 e. The van der Waals surface area contributed by atoms with Gasteiger partial charge in [0.1, 0.15) is 0 Å². The Labute approximate surface area is 111 Å². The summed E-state index contributed by atoms with van der Waals surface area (Å²) in [5, 5.41) is 3.28. The molecule has 106 valence electrons. The van der Waals surface area contributed by atoms with Crippen molar-refractivity contribution in [2.75, 3.05) is 45.0 Å². The summed E-state index contributed by atoms with van der Waals surface area (Å²) in [4.78, 5) is 2.24. The summed E-state index contributed by atoms with van der Waals surface area (Å²) in [7, 11) is -3.05. The van der Waals surface area contributed by atoms with Crippen LogP contribution in [0.4, 0.5) is 0 Å². The monoisotopic (exact) mass is 275 g/mol. The third-order valence-electron chi connectivity index (χ3n) is 3.63. The third kappa shape index (κ3) is 3.91. The first kappa shape index (κ1) is 14.2. The van der Waals surface area contributed by atoms with Crippen LogP contribution in [0.5, 0.6) is 0 Å². The molecule has 1 aliphatic heterocycles. The molecular weight excluding hydrogens is 250 g/mol. The quantitative estimate of drug-likeness (QED) is 0.716. The van der Waals surface area contributed by atoms with Gasteiger partial charge in [-0.3, -0.25) is 4.90 Å². The van der Waals surface area contributed by atoms with E-state index in [2.05, 4.69) is 10.2 Å². The van der Waals surface area contributed by atoms with Gasteiger partial charge in [0, 0.05) is 45.3 Å². The highest BCUT2D eigenvalue weighted by Gasteiger charge is 2.36. The summed E-state index contributed by atoms with van der Waals surface area (Å²) in [6.45, 7) is 7.29. The maximum atomic E-state index is 12.3. The van der Waals surface area contributed by atoms with Crippen molar-refractivity contribution in [1.82, 2.24) is 14.5 Å². The Morgan fingerprint density at radius 2 is 1.94 bits per heavy atom. The zero-order valence-corrected chi connectivity index (χ0v) is 12.1. The van der Waals surface area contributed by atoms with E-state index in [1.807, 2.05) is 6.92 Å². The Kier molecular flexibility index (Phi) is 5.00. The van der Waals surface area contributed by atoms with Crippen LogP contribution in [0.25, 0.3) is 0 Å². The topological polar surface area (TPSA) is 52.7 Å². The maximum absolute atomic E-state index is 12.3. The summed E-state index contributed by atoms with van der Waals surface area (Å²) in [6, 6.07) is 0.304. The van der Waals surface area contributed by atoms with Crippen LogP contribution in [0, 0.1) is 0 Å². The van der Waals surface area contributed by atoms with Crippen LogP contribution in [-0.4, -0.2) is 68.7 Å². The van der Waals surface area contributed by atoms with Crippen LogP contribution in [0.1, 0.15) is 26.2 Å². The molecule has 18 heavy (non-hydrogen) atoms. The molecule has 0 radical (unpaired) electrons. The molecule has 1 N–H and O–H groups in total. The molecule has 5 nitrogen and oxygen atoms in total. The van der Waals surface area contributed by atoms with Gasteiger partial charge in [-0.05, 0) is 19.3 Å². The smallest absolute Gasteiger partial charge is 0.215 e. The summed E-state index contributed by atoms with van der Waals surface area (Å²) < 4.78 is 26.4. The Hall–Kier alpha value is -0.170. The molecule has 0 unspecified atom stereocenters. The molecule has 0 spiro atoms. The van der Waals surface area contributed by atoms with Gasteiger partial charge in [0.2, 0.25) is 10.0 Å². The molecule has 0 aromatic rings. The van der Waals surface area contributed by atoms with E-state index >= 15 is 0 Å². The molecule has 1 aliphatic carbocycles. The van der Waals surface area contributed by atoms with Crippen molar-refractivity contribution in [2.45, 2.75) is 32.2 Å². The molecule has 1 saturated heterocycles. The third-order valence-corrected chi connectivity index (χ3v) is 5.52. The van der Waals surface area contributed by atoms with Crippen molar-refractivity contribution < 1.29 is 8.42 Å². The van der Waals surface area contributed by atoms with Gasteiger partial charge in [-0.15, -0.1) is 0 Å². The lowest BCUT2D eigenvalue weighted by atomic mass is 10.4. The standard InChI is InChI=1S/C12H25N3O2S/c1-2-7-15(12-3-4-12)18(16,17)11-10-14-8-5-13-6-9-14/h12-13H,2-11H2,1H3. The second-order valence-electron chi connectivity index (χ2n) is 5.25. The van der Waals surface area contributed by atoms with E-state index in [1.165, 1.54) is 0 Å². The zero-order chi connectivity index (χ0) is 13.0. The van der Waals surface area contributed by atoms with Crippen LogP contribution in [-0.2, 0) is 10.0 Å². The molecule has 0 atom stereocenters. The van der Waals surface area contributed by atoms with E-state index < -0.39 is 10.0 Å². The molecule has 1 saturated carbocycles. The predicted octanol–water partition coefficient (Wildman–Crippen LogP) is 0.0958. The van der Waals surface area contributed by atoms with Gasteiger partial charge in [-0.2, -0.15) is 4.31 Å². The molecule has 6 heteroatoms. The highest BCUT2D eigenvalue weighted by atomic mass is 32.2. The average molecular weight is 275 g/mol. The summed E-state index contributed by atoms with van der Waals surface area (Å²) in [5.41, 5.74) is 0. The second kappa shape index (κ2) is 6.32. The SMILES string of the molecule is CCCN(C1CC1)S(=O)(=O)CCN1CCNCC1. The molecule has 2 fully saturated rings. The molecular formula is C12H25N3O2S. The minimum atomic E-state index is -3.05. The number of hydrogen-bond donors (Lipinski definition) is 1. The van der Waals surface area contributed by atoms with Crippen molar-refractivity contribution in [2.24, 2.45) is 0 Å². The van der Waals surface area contributed by atoms with Gasteiger partial charge in [0.05, 0.1) is 5.75 Å². The fraction of sp³-hybridized carbons (Fsp3) is 1.00. The van der Waals surface area contributed by atoms with Crippen molar-refractivity contribution in [3.8, 4) is 0 Å². The minimum absolute atomic E-state index is 0.281. The number of rotatable bonds is 7. The Balaban J connectivity index is 1.84. The van der Waals surface area contributed by atoms with Crippen LogP contribution in [0.15, 0.2) is 0 Å². The zero-order valence-electron chi connectivity index (χ0n) is 11.3. The first-order chi connectivity index (χ1) is 8.63. The summed E-state index contributed by atoms with van der Waals surface area (Å²) in [6.07, 6.45) is 3.00. The molecule has 1 heterocycles. The van der Waals surface area contributed by atoms with Gasteiger partial charge < -0.3 is 5.32 Å². The lowest BCUT2D eigenvalue weighted by Crippen LogP contribution is -2.46. The highest BCUT2D eigenvalue weighted by Crippen LogP contribution is 2.29. The number of sulfonamides is 1. The molecule has 0 amide bonds. The van der Waals surface area contributed by atoms with Gasteiger partial charge in [0.15, 0.2) is 0 Å². The van der Waals surface area contributed by atoms with Crippen molar-refractivity contribution in [1.29, 1.82) is 0 Å². The van der Waals surface area contributed by atoms with Crippen molar-refractivity contribution in [3.05, 3.63) is 0 Å². The maximum Gasteiger partial charge on any atom is 0.215 e. The number of nitrogens with one attached hydrogen (secondary N) is 1. The highest BCUT2D eigenvalue weighted by molar-refractivity contribution is 7.89. The van der Waals surface area contributed by atoms with E-state index in [0.717, 1.165) is 45.4 Å². The fourth-order valence-electron chi connectivity index (χ4n) is 2.43. The Bertz CT molecular complexity index is 348. The average Bonchev–Trinajstić information content (AvgIpc) is 3.19. The van der Waals surface area contributed by atoms with E-state index in [9.17, 15) is 8.42 Å². The van der Waals surface area contributed by atoms with E-state index in [-0.39, 0.29) is 5.75 Å². The Morgan fingerprint density at radius 1 is 1.28 bits per heavy atom. The van der Waals surface area contributed by atoms with Gasteiger partial charge >= 0.3 is 0 Å². The van der Waals surface area contributed by atoms with Gasteiger partial charge in [-0.1, -0.05) is 6.92 Å². The van der Waals surface area contributed by atoms with E-state index in [0.29, 0.717) is 19.1 Å². The molecule has 2 rings (SSSR count). The van der Waals surface area contributed by atoms with Crippen LogP contribution < -0.4 is 5.32 Å². The summed E-state index contributed by atoms with van der Waals surface area (Å²) >= 11 is 0. The molecule has 0 aromatic carbocycles. The first-order valence-corrected chi connectivity index (χ1v) is 8.67. The van der Waals surface area contributed by atoms with Crippen LogP contribution in [0.3, 0.4) is 0 Å². The fourth-order valence-corrected chi connectivity index (χ4v) is 4.28. The molecule has 2 aliphatic rings. The van der Waals surface area contributed by atoms with Gasteiger partial charge in [0.25, 0.3) is 0 Å². The number of nitrogens with zero attached hydrogens (tertiary/aromatic N) is 2. The molecule has 0 aromatic heterocycles.